The summed E-state index contributed by atoms with van der Waals surface area (Å²) < 4.78 is 0.987. The summed E-state index contributed by atoms with van der Waals surface area (Å²) in [5, 5.41) is 3.17. The van der Waals surface area contributed by atoms with E-state index in [1.54, 1.807) is 12.4 Å². The van der Waals surface area contributed by atoms with Crippen LogP contribution in [0.25, 0.3) is 0 Å². The number of carbonyl (C=O) groups excluding carboxylic acids is 1. The van der Waals surface area contributed by atoms with Crippen molar-refractivity contribution in [1.82, 2.24) is 14.9 Å². The van der Waals surface area contributed by atoms with E-state index < -0.39 is 0 Å². The number of nitrogens with zero attached hydrogens (tertiary/aromatic N) is 3. The first-order valence-electron chi connectivity index (χ1n) is 7.76. The lowest BCUT2D eigenvalue weighted by atomic mass is 10.0. The summed E-state index contributed by atoms with van der Waals surface area (Å²) in [6, 6.07) is 7.80. The van der Waals surface area contributed by atoms with Crippen molar-refractivity contribution < 1.29 is 4.79 Å². The number of aromatic nitrogens is 2. The number of halogens is 1. The quantitative estimate of drug-likeness (QED) is 0.885. The highest BCUT2D eigenvalue weighted by molar-refractivity contribution is 9.10. The van der Waals surface area contributed by atoms with Crippen LogP contribution < -0.4 is 5.32 Å². The summed E-state index contributed by atoms with van der Waals surface area (Å²) in [6.45, 7) is 3.79. The van der Waals surface area contributed by atoms with Crippen LogP contribution in [0.2, 0.25) is 0 Å². The summed E-state index contributed by atoms with van der Waals surface area (Å²) in [5.41, 5.74) is 1.32. The van der Waals surface area contributed by atoms with E-state index in [4.69, 9.17) is 0 Å². The first-order chi connectivity index (χ1) is 11.1. The monoisotopic (exact) mass is 374 g/mol. The maximum atomic E-state index is 12.5. The van der Waals surface area contributed by atoms with E-state index in [2.05, 4.69) is 38.1 Å². The van der Waals surface area contributed by atoms with E-state index in [1.165, 1.54) is 6.42 Å². The van der Waals surface area contributed by atoms with Crippen molar-refractivity contribution >= 4 is 33.3 Å². The number of piperidine rings is 1. The Labute approximate surface area is 144 Å². The second-order valence-electron chi connectivity index (χ2n) is 5.92. The zero-order chi connectivity index (χ0) is 16.2. The van der Waals surface area contributed by atoms with Gasteiger partial charge in [0.1, 0.15) is 11.5 Å². The summed E-state index contributed by atoms with van der Waals surface area (Å²) in [6.07, 6.45) is 5.39. The molecule has 23 heavy (non-hydrogen) atoms. The Kier molecular flexibility index (Phi) is 4.91. The number of hydrogen-bond donors (Lipinski definition) is 1. The summed E-state index contributed by atoms with van der Waals surface area (Å²) in [5.74, 6) is 1.14. The molecule has 1 atom stereocenters. The molecule has 1 fully saturated rings. The van der Waals surface area contributed by atoms with E-state index >= 15 is 0 Å². The van der Waals surface area contributed by atoms with E-state index in [9.17, 15) is 4.79 Å². The number of benzene rings is 1. The molecule has 3 rings (SSSR count). The Hall–Kier alpha value is -1.95. The van der Waals surface area contributed by atoms with Gasteiger partial charge in [0.25, 0.3) is 5.91 Å². The van der Waals surface area contributed by atoms with Crippen LogP contribution in [0.5, 0.6) is 0 Å². The molecule has 2 aromatic rings. The third kappa shape index (κ3) is 4.07. The molecule has 1 N–H and O–H groups in total. The van der Waals surface area contributed by atoms with Gasteiger partial charge in [0.2, 0.25) is 0 Å². The molecule has 6 heteroatoms. The Balaban J connectivity index is 1.68. The molecule has 0 bridgehead atoms. The number of anilines is 2. The van der Waals surface area contributed by atoms with Gasteiger partial charge in [-0.3, -0.25) is 4.79 Å². The molecule has 1 saturated heterocycles. The van der Waals surface area contributed by atoms with Crippen LogP contribution in [0.15, 0.2) is 41.1 Å². The highest BCUT2D eigenvalue weighted by Crippen LogP contribution is 2.20. The summed E-state index contributed by atoms with van der Waals surface area (Å²) >= 11 is 3.43. The van der Waals surface area contributed by atoms with Crippen molar-refractivity contribution in [2.24, 2.45) is 5.92 Å². The van der Waals surface area contributed by atoms with Gasteiger partial charge in [0, 0.05) is 23.2 Å². The lowest BCUT2D eigenvalue weighted by Gasteiger charge is -2.30. The van der Waals surface area contributed by atoms with Crippen molar-refractivity contribution in [3.63, 3.8) is 0 Å². The molecule has 1 aliphatic heterocycles. The molecule has 0 saturated carbocycles. The fourth-order valence-corrected chi connectivity index (χ4v) is 3.15. The van der Waals surface area contributed by atoms with Crippen LogP contribution in [0, 0.1) is 5.92 Å². The third-order valence-corrected chi connectivity index (χ3v) is 4.41. The van der Waals surface area contributed by atoms with Gasteiger partial charge in [-0.2, -0.15) is 0 Å². The van der Waals surface area contributed by atoms with Gasteiger partial charge in [-0.15, -0.1) is 0 Å². The molecule has 1 amide bonds. The minimum atomic E-state index is -0.0296. The van der Waals surface area contributed by atoms with Gasteiger partial charge in [-0.1, -0.05) is 28.9 Å². The molecular weight excluding hydrogens is 356 g/mol. The topological polar surface area (TPSA) is 58.1 Å². The minimum Gasteiger partial charge on any atom is -0.339 e. The predicted octanol–water partition coefficient (Wildman–Crippen LogP) is 3.85. The van der Waals surface area contributed by atoms with Crippen molar-refractivity contribution in [3.05, 3.63) is 46.8 Å². The first-order valence-corrected chi connectivity index (χ1v) is 8.55. The number of amides is 1. The van der Waals surface area contributed by atoms with Gasteiger partial charge in [0.05, 0.1) is 12.4 Å². The SMILES string of the molecule is CC1CCCN(C(=O)c2cnc(Nc3cccc(Br)c3)cn2)C1. The fraction of sp³-hybridized carbons (Fsp3) is 0.353. The van der Waals surface area contributed by atoms with Crippen molar-refractivity contribution in [2.75, 3.05) is 18.4 Å². The minimum absolute atomic E-state index is 0.0296. The highest BCUT2D eigenvalue weighted by Gasteiger charge is 2.23. The number of hydrogen-bond acceptors (Lipinski definition) is 4. The lowest BCUT2D eigenvalue weighted by Crippen LogP contribution is -2.39. The number of rotatable bonds is 3. The third-order valence-electron chi connectivity index (χ3n) is 3.91. The first kappa shape index (κ1) is 15.9. The molecule has 0 radical (unpaired) electrons. The van der Waals surface area contributed by atoms with Gasteiger partial charge in [0.15, 0.2) is 0 Å². The van der Waals surface area contributed by atoms with Gasteiger partial charge >= 0.3 is 0 Å². The van der Waals surface area contributed by atoms with Crippen LogP contribution in [0.3, 0.4) is 0 Å². The predicted molar refractivity (Wildman–Crippen MR) is 93.8 cm³/mol. The van der Waals surface area contributed by atoms with Crippen LogP contribution >= 0.6 is 15.9 Å². The summed E-state index contributed by atoms with van der Waals surface area (Å²) in [4.78, 5) is 22.9. The maximum Gasteiger partial charge on any atom is 0.274 e. The van der Waals surface area contributed by atoms with Gasteiger partial charge in [-0.05, 0) is 37.0 Å². The smallest absolute Gasteiger partial charge is 0.274 e. The molecule has 1 aromatic heterocycles. The largest absolute Gasteiger partial charge is 0.339 e. The second-order valence-corrected chi connectivity index (χ2v) is 6.84. The van der Waals surface area contributed by atoms with E-state index in [-0.39, 0.29) is 5.91 Å². The zero-order valence-corrected chi connectivity index (χ0v) is 14.6. The van der Waals surface area contributed by atoms with Crippen molar-refractivity contribution in [2.45, 2.75) is 19.8 Å². The van der Waals surface area contributed by atoms with Crippen LogP contribution in [0.4, 0.5) is 11.5 Å². The van der Waals surface area contributed by atoms with Crippen molar-refractivity contribution in [1.29, 1.82) is 0 Å². The Morgan fingerprint density at radius 1 is 1.35 bits per heavy atom. The second kappa shape index (κ2) is 7.08. The van der Waals surface area contributed by atoms with Crippen molar-refractivity contribution in [3.8, 4) is 0 Å². The number of likely N-dealkylation sites (tertiary alicyclic amines) is 1. The lowest BCUT2D eigenvalue weighted by molar-refractivity contribution is 0.0676. The Bertz CT molecular complexity index is 689. The fourth-order valence-electron chi connectivity index (χ4n) is 2.75. The van der Waals surface area contributed by atoms with E-state index in [1.807, 2.05) is 29.2 Å². The maximum absolute atomic E-state index is 12.5. The Morgan fingerprint density at radius 2 is 2.22 bits per heavy atom. The molecule has 0 spiro atoms. The van der Waals surface area contributed by atoms with E-state index in [0.717, 1.165) is 29.7 Å². The molecule has 5 nitrogen and oxygen atoms in total. The average Bonchev–Trinajstić information content (AvgIpc) is 2.55. The van der Waals surface area contributed by atoms with Crippen LogP contribution in [0.1, 0.15) is 30.3 Å². The highest BCUT2D eigenvalue weighted by atomic mass is 79.9. The van der Waals surface area contributed by atoms with Crippen LogP contribution in [-0.4, -0.2) is 33.9 Å². The molecule has 120 valence electrons. The number of nitrogens with one attached hydrogen (secondary N) is 1. The Morgan fingerprint density at radius 3 is 2.91 bits per heavy atom. The number of carbonyl (C=O) groups is 1. The molecule has 2 heterocycles. The summed E-state index contributed by atoms with van der Waals surface area (Å²) in [7, 11) is 0. The standard InChI is InChI=1S/C17H19BrN4O/c1-12-4-3-7-22(11-12)17(23)15-9-20-16(10-19-15)21-14-6-2-5-13(18)8-14/h2,5-6,8-10,12H,3-4,7,11H2,1H3,(H,20,21). The van der Waals surface area contributed by atoms with Crippen LogP contribution in [-0.2, 0) is 0 Å². The molecule has 1 unspecified atom stereocenters. The molecule has 0 aliphatic carbocycles. The molecule has 1 aliphatic rings. The van der Waals surface area contributed by atoms with Gasteiger partial charge in [-0.25, -0.2) is 9.97 Å². The molecule has 1 aromatic carbocycles. The normalized spacial score (nSPS) is 17.8. The molecular formula is C17H19BrN4O. The van der Waals surface area contributed by atoms with E-state index in [0.29, 0.717) is 17.4 Å². The average molecular weight is 375 g/mol. The zero-order valence-electron chi connectivity index (χ0n) is 13.0. The van der Waals surface area contributed by atoms with Gasteiger partial charge < -0.3 is 10.2 Å².